The molecule has 1 heterocycles. The van der Waals surface area contributed by atoms with E-state index in [1.165, 1.54) is 18.2 Å². The van der Waals surface area contributed by atoms with Crippen molar-refractivity contribution in [1.82, 2.24) is 0 Å². The summed E-state index contributed by atoms with van der Waals surface area (Å²) in [7, 11) is 0. The Kier molecular flexibility index (Phi) is 3.83. The number of fused-ring (bicyclic) bond motifs is 1. The molecule has 1 aliphatic rings. The van der Waals surface area contributed by atoms with Crippen LogP contribution in [0, 0.1) is 10.1 Å². The number of nitro benzene ring substituents is 1. The van der Waals surface area contributed by atoms with E-state index in [2.05, 4.69) is 11.9 Å². The van der Waals surface area contributed by atoms with Gasteiger partial charge in [-0.3, -0.25) is 19.7 Å². The fourth-order valence-electron chi connectivity index (χ4n) is 2.57. The lowest BCUT2D eigenvalue weighted by Gasteiger charge is -2.15. The Bertz CT molecular complexity index is 841. The van der Waals surface area contributed by atoms with E-state index >= 15 is 0 Å². The molecule has 0 aliphatic carbocycles. The van der Waals surface area contributed by atoms with Crippen LogP contribution in [0.5, 0.6) is 0 Å². The van der Waals surface area contributed by atoms with Crippen molar-refractivity contribution >= 4 is 28.9 Å². The molecule has 0 fully saturated rings. The van der Waals surface area contributed by atoms with Gasteiger partial charge in [-0.15, -0.1) is 6.58 Å². The Balaban J connectivity index is 2.03. The van der Waals surface area contributed by atoms with E-state index in [0.29, 0.717) is 23.4 Å². The second-order valence-corrected chi connectivity index (χ2v) is 5.12. The molecule has 0 unspecified atom stereocenters. The lowest BCUT2D eigenvalue weighted by Crippen LogP contribution is -2.29. The first kappa shape index (κ1) is 15.4. The van der Waals surface area contributed by atoms with Gasteiger partial charge in [0.15, 0.2) is 0 Å². The van der Waals surface area contributed by atoms with Gasteiger partial charge in [-0.1, -0.05) is 18.2 Å². The summed E-state index contributed by atoms with van der Waals surface area (Å²) in [6.07, 6.45) is 1.57. The average molecular weight is 323 g/mol. The number of hydrogen-bond donors (Lipinski definition) is 1. The van der Waals surface area contributed by atoms with Crippen molar-refractivity contribution in [2.45, 2.75) is 0 Å². The predicted molar refractivity (Wildman–Crippen MR) is 89.4 cm³/mol. The normalized spacial score (nSPS) is 12.9. The summed E-state index contributed by atoms with van der Waals surface area (Å²) in [5.74, 6) is -0.978. The van der Waals surface area contributed by atoms with E-state index in [1.54, 1.807) is 30.3 Å². The second-order valence-electron chi connectivity index (χ2n) is 5.12. The summed E-state index contributed by atoms with van der Waals surface area (Å²) in [6.45, 7) is 3.90. The maximum atomic E-state index is 12.5. The number of rotatable bonds is 5. The maximum absolute atomic E-state index is 12.5. The standard InChI is InChI=1S/C17H13N3O4/c1-2-9-18-14-8-7-11(10-15(14)20(23)24)19-16(21)12-5-3-4-6-13(12)17(19)22/h2-8,10,18H,1,9H2. The molecule has 2 aromatic rings. The molecular weight excluding hydrogens is 310 g/mol. The predicted octanol–water partition coefficient (Wildman–Crippen LogP) is 2.99. The highest BCUT2D eigenvalue weighted by Crippen LogP contribution is 2.34. The average Bonchev–Trinajstić information content (AvgIpc) is 2.84. The number of amides is 2. The topological polar surface area (TPSA) is 92.6 Å². The number of carbonyl (C=O) groups is 2. The summed E-state index contributed by atoms with van der Waals surface area (Å²) in [4.78, 5) is 36.6. The monoisotopic (exact) mass is 323 g/mol. The van der Waals surface area contributed by atoms with E-state index in [0.717, 1.165) is 4.90 Å². The molecule has 120 valence electrons. The lowest BCUT2D eigenvalue weighted by atomic mass is 10.1. The quantitative estimate of drug-likeness (QED) is 0.395. The Labute approximate surface area is 137 Å². The van der Waals surface area contributed by atoms with Crippen LogP contribution in [0.4, 0.5) is 17.1 Å². The van der Waals surface area contributed by atoms with Gasteiger partial charge in [-0.05, 0) is 24.3 Å². The van der Waals surface area contributed by atoms with Crippen molar-refractivity contribution in [3.63, 3.8) is 0 Å². The molecule has 3 rings (SSSR count). The minimum absolute atomic E-state index is 0.164. The zero-order valence-electron chi connectivity index (χ0n) is 12.6. The smallest absolute Gasteiger partial charge is 0.294 e. The first-order valence-electron chi connectivity index (χ1n) is 7.15. The molecule has 2 aromatic carbocycles. The molecule has 0 saturated carbocycles. The van der Waals surface area contributed by atoms with Gasteiger partial charge in [0.25, 0.3) is 17.5 Å². The minimum atomic E-state index is -0.562. The minimum Gasteiger partial charge on any atom is -0.376 e. The zero-order valence-corrected chi connectivity index (χ0v) is 12.6. The van der Waals surface area contributed by atoms with Crippen LogP contribution < -0.4 is 10.2 Å². The van der Waals surface area contributed by atoms with Crippen LogP contribution in [0.15, 0.2) is 55.1 Å². The Morgan fingerprint density at radius 3 is 2.29 bits per heavy atom. The van der Waals surface area contributed by atoms with Gasteiger partial charge >= 0.3 is 0 Å². The molecule has 0 bridgehead atoms. The van der Waals surface area contributed by atoms with Gasteiger partial charge in [-0.2, -0.15) is 0 Å². The molecule has 0 atom stereocenters. The second kappa shape index (κ2) is 5.96. The number of carbonyl (C=O) groups excluding carboxylic acids is 2. The summed E-state index contributed by atoms with van der Waals surface area (Å²) in [6, 6.07) is 10.6. The number of nitro groups is 1. The molecule has 24 heavy (non-hydrogen) atoms. The van der Waals surface area contributed by atoms with Crippen molar-refractivity contribution in [2.24, 2.45) is 0 Å². The molecule has 7 heteroatoms. The number of benzene rings is 2. The van der Waals surface area contributed by atoms with Crippen molar-refractivity contribution in [3.05, 3.63) is 76.4 Å². The van der Waals surface area contributed by atoms with Crippen molar-refractivity contribution < 1.29 is 14.5 Å². The number of hydrogen-bond acceptors (Lipinski definition) is 5. The van der Waals surface area contributed by atoms with Crippen LogP contribution in [0.25, 0.3) is 0 Å². The Hall–Kier alpha value is -3.48. The van der Waals surface area contributed by atoms with E-state index < -0.39 is 16.7 Å². The summed E-state index contributed by atoms with van der Waals surface area (Å²) in [5.41, 5.74) is 0.821. The van der Waals surface area contributed by atoms with Crippen LogP contribution in [0.3, 0.4) is 0 Å². The Morgan fingerprint density at radius 1 is 1.12 bits per heavy atom. The molecule has 1 aliphatic heterocycles. The van der Waals surface area contributed by atoms with Crippen LogP contribution in [-0.4, -0.2) is 23.3 Å². The van der Waals surface area contributed by atoms with Gasteiger partial charge < -0.3 is 5.32 Å². The zero-order chi connectivity index (χ0) is 17.3. The van der Waals surface area contributed by atoms with Gasteiger partial charge in [0.1, 0.15) is 5.69 Å². The Morgan fingerprint density at radius 2 is 1.75 bits per heavy atom. The van der Waals surface area contributed by atoms with Gasteiger partial charge in [0.2, 0.25) is 0 Å². The highest BCUT2D eigenvalue weighted by Gasteiger charge is 2.37. The van der Waals surface area contributed by atoms with Gasteiger partial charge in [0.05, 0.1) is 21.7 Å². The SMILES string of the molecule is C=CCNc1ccc(N2C(=O)c3ccccc3C2=O)cc1[N+](=O)[O-]. The third-order valence-corrected chi connectivity index (χ3v) is 3.67. The summed E-state index contributed by atoms with van der Waals surface area (Å²) in [5, 5.41) is 14.1. The van der Waals surface area contributed by atoms with E-state index in [-0.39, 0.29) is 11.4 Å². The molecule has 2 amide bonds. The van der Waals surface area contributed by atoms with Crippen molar-refractivity contribution in [1.29, 1.82) is 0 Å². The molecule has 0 saturated heterocycles. The molecular formula is C17H13N3O4. The molecule has 1 N–H and O–H groups in total. The van der Waals surface area contributed by atoms with E-state index in [4.69, 9.17) is 0 Å². The largest absolute Gasteiger partial charge is 0.376 e. The third kappa shape index (κ3) is 2.41. The first-order valence-corrected chi connectivity index (χ1v) is 7.15. The van der Waals surface area contributed by atoms with Crippen LogP contribution >= 0.6 is 0 Å². The number of nitrogens with zero attached hydrogens (tertiary/aromatic N) is 2. The lowest BCUT2D eigenvalue weighted by molar-refractivity contribution is -0.383. The third-order valence-electron chi connectivity index (χ3n) is 3.67. The van der Waals surface area contributed by atoms with Crippen LogP contribution in [0.2, 0.25) is 0 Å². The molecule has 0 aromatic heterocycles. The highest BCUT2D eigenvalue weighted by atomic mass is 16.6. The number of nitrogens with one attached hydrogen (secondary N) is 1. The van der Waals surface area contributed by atoms with Crippen molar-refractivity contribution in [3.8, 4) is 0 Å². The van der Waals surface area contributed by atoms with E-state index in [1.807, 2.05) is 0 Å². The fourth-order valence-corrected chi connectivity index (χ4v) is 2.57. The molecule has 0 radical (unpaired) electrons. The van der Waals surface area contributed by atoms with E-state index in [9.17, 15) is 19.7 Å². The first-order chi connectivity index (χ1) is 11.5. The summed E-state index contributed by atoms with van der Waals surface area (Å²) >= 11 is 0. The van der Waals surface area contributed by atoms with Crippen LogP contribution in [0.1, 0.15) is 20.7 Å². The fraction of sp³-hybridized carbons (Fsp3) is 0.0588. The highest BCUT2D eigenvalue weighted by molar-refractivity contribution is 6.34. The molecule has 7 nitrogen and oxygen atoms in total. The maximum Gasteiger partial charge on any atom is 0.294 e. The number of anilines is 2. The summed E-state index contributed by atoms with van der Waals surface area (Å²) < 4.78 is 0. The number of imide groups is 1. The van der Waals surface area contributed by atoms with Crippen molar-refractivity contribution in [2.75, 3.05) is 16.8 Å². The molecule has 0 spiro atoms. The van der Waals surface area contributed by atoms with Gasteiger partial charge in [-0.25, -0.2) is 4.90 Å². The van der Waals surface area contributed by atoms with Gasteiger partial charge in [0, 0.05) is 12.6 Å². The van der Waals surface area contributed by atoms with Crippen LogP contribution in [-0.2, 0) is 0 Å².